The fourth-order valence-corrected chi connectivity index (χ4v) is 0.847. The number of Topliss-reactive ketones (excluding diaryl/α,β-unsaturated/α-hetero) is 1. The largest absolute Gasteiger partial charge is 0.465 e. The molecular weight excluding hydrogens is 184 g/mol. The second-order valence-corrected chi connectivity index (χ2v) is 3.03. The van der Waals surface area contributed by atoms with Gasteiger partial charge in [0.1, 0.15) is 12.2 Å². The van der Waals surface area contributed by atoms with Crippen LogP contribution >= 0.6 is 0 Å². The molecule has 0 fully saturated rings. The second kappa shape index (κ2) is 8.69. The van der Waals surface area contributed by atoms with Crippen molar-refractivity contribution in [1.29, 1.82) is 0 Å². The van der Waals surface area contributed by atoms with Gasteiger partial charge in [-0.25, -0.2) is 0 Å². The standard InChI is InChI=1S/C10H18O4/c1-3-4-6-14-10(12)8-9(11)5-7-13-2/h3-8H2,1-2H3. The van der Waals surface area contributed by atoms with Crippen molar-refractivity contribution < 1.29 is 19.1 Å². The summed E-state index contributed by atoms with van der Waals surface area (Å²) in [6.07, 6.45) is 1.97. The van der Waals surface area contributed by atoms with Crippen LogP contribution < -0.4 is 0 Å². The van der Waals surface area contributed by atoms with E-state index < -0.39 is 5.97 Å². The van der Waals surface area contributed by atoms with Crippen molar-refractivity contribution in [3.63, 3.8) is 0 Å². The maximum atomic E-state index is 11.1. The van der Waals surface area contributed by atoms with Gasteiger partial charge in [0.05, 0.1) is 13.2 Å². The minimum Gasteiger partial charge on any atom is -0.465 e. The van der Waals surface area contributed by atoms with Crippen molar-refractivity contribution in [2.45, 2.75) is 32.6 Å². The van der Waals surface area contributed by atoms with E-state index in [1.165, 1.54) is 7.11 Å². The highest BCUT2D eigenvalue weighted by Gasteiger charge is 2.09. The average molecular weight is 202 g/mol. The first-order valence-electron chi connectivity index (χ1n) is 4.87. The highest BCUT2D eigenvalue weighted by Crippen LogP contribution is 1.95. The Morgan fingerprint density at radius 1 is 1.21 bits per heavy atom. The maximum absolute atomic E-state index is 11.1. The molecule has 0 aromatic carbocycles. The maximum Gasteiger partial charge on any atom is 0.313 e. The summed E-state index contributed by atoms with van der Waals surface area (Å²) in [6, 6.07) is 0. The van der Waals surface area contributed by atoms with Gasteiger partial charge in [-0.3, -0.25) is 9.59 Å². The van der Waals surface area contributed by atoms with Gasteiger partial charge in [0.15, 0.2) is 0 Å². The molecule has 0 aliphatic heterocycles. The minimum atomic E-state index is -0.431. The Labute approximate surface area is 84.6 Å². The Hall–Kier alpha value is -0.900. The van der Waals surface area contributed by atoms with Crippen molar-refractivity contribution in [3.8, 4) is 0 Å². The highest BCUT2D eigenvalue weighted by atomic mass is 16.5. The van der Waals surface area contributed by atoms with E-state index in [1.54, 1.807) is 0 Å². The Bertz CT molecular complexity index is 177. The van der Waals surface area contributed by atoms with Crippen LogP contribution in [0.15, 0.2) is 0 Å². The van der Waals surface area contributed by atoms with Gasteiger partial charge >= 0.3 is 5.97 Å². The first-order valence-corrected chi connectivity index (χ1v) is 4.87. The molecule has 0 unspecified atom stereocenters. The normalized spacial score (nSPS) is 9.86. The zero-order valence-corrected chi connectivity index (χ0v) is 8.88. The molecule has 0 heterocycles. The molecule has 0 rings (SSSR count). The molecule has 0 aliphatic rings. The van der Waals surface area contributed by atoms with Gasteiger partial charge in [0, 0.05) is 13.5 Å². The fourth-order valence-electron chi connectivity index (χ4n) is 0.847. The van der Waals surface area contributed by atoms with Gasteiger partial charge in [0.2, 0.25) is 0 Å². The van der Waals surface area contributed by atoms with Crippen LogP contribution in [0.5, 0.6) is 0 Å². The quantitative estimate of drug-likeness (QED) is 0.338. The predicted molar refractivity (Wildman–Crippen MR) is 52.0 cm³/mol. The van der Waals surface area contributed by atoms with E-state index in [9.17, 15) is 9.59 Å². The predicted octanol–water partition coefficient (Wildman–Crippen LogP) is 1.33. The zero-order valence-electron chi connectivity index (χ0n) is 8.88. The number of esters is 1. The van der Waals surface area contributed by atoms with Gasteiger partial charge in [-0.2, -0.15) is 0 Å². The summed E-state index contributed by atoms with van der Waals surface area (Å²) in [7, 11) is 1.52. The molecule has 0 saturated carbocycles. The van der Waals surface area contributed by atoms with Gasteiger partial charge in [0.25, 0.3) is 0 Å². The molecule has 0 amide bonds. The minimum absolute atomic E-state index is 0.131. The van der Waals surface area contributed by atoms with Gasteiger partial charge in [-0.1, -0.05) is 13.3 Å². The lowest BCUT2D eigenvalue weighted by Gasteiger charge is -2.02. The molecule has 0 atom stereocenters. The monoisotopic (exact) mass is 202 g/mol. The Morgan fingerprint density at radius 2 is 1.93 bits per heavy atom. The molecule has 82 valence electrons. The molecule has 0 bridgehead atoms. The molecule has 0 aromatic rings. The van der Waals surface area contributed by atoms with Crippen LogP contribution in [0.25, 0.3) is 0 Å². The molecule has 0 saturated heterocycles. The van der Waals surface area contributed by atoms with Crippen molar-refractivity contribution in [2.75, 3.05) is 20.3 Å². The van der Waals surface area contributed by atoms with Crippen LogP contribution in [0, 0.1) is 0 Å². The summed E-state index contributed by atoms with van der Waals surface area (Å²) in [5.41, 5.74) is 0. The van der Waals surface area contributed by atoms with Crippen LogP contribution in [0.4, 0.5) is 0 Å². The first kappa shape index (κ1) is 13.1. The van der Waals surface area contributed by atoms with Crippen LogP contribution in [0.3, 0.4) is 0 Å². The highest BCUT2D eigenvalue weighted by molar-refractivity contribution is 5.95. The third kappa shape index (κ3) is 7.73. The Morgan fingerprint density at radius 3 is 2.50 bits per heavy atom. The fraction of sp³-hybridized carbons (Fsp3) is 0.800. The molecule has 0 radical (unpaired) electrons. The molecular formula is C10H18O4. The number of ether oxygens (including phenoxy) is 2. The molecule has 0 aliphatic carbocycles. The lowest BCUT2D eigenvalue weighted by atomic mass is 10.2. The van der Waals surface area contributed by atoms with Gasteiger partial charge in [-0.05, 0) is 6.42 Å². The van der Waals surface area contributed by atoms with E-state index in [0.717, 1.165) is 12.8 Å². The Kier molecular flexibility index (Phi) is 8.13. The van der Waals surface area contributed by atoms with E-state index >= 15 is 0 Å². The number of unbranched alkanes of at least 4 members (excludes halogenated alkanes) is 1. The third-order valence-electron chi connectivity index (χ3n) is 1.69. The smallest absolute Gasteiger partial charge is 0.313 e. The number of carbonyl (C=O) groups excluding carboxylic acids is 2. The molecule has 14 heavy (non-hydrogen) atoms. The van der Waals surface area contributed by atoms with Crippen molar-refractivity contribution in [3.05, 3.63) is 0 Å². The molecule has 0 N–H and O–H groups in total. The molecule has 4 nitrogen and oxygen atoms in total. The Balaban J connectivity index is 3.45. The zero-order chi connectivity index (χ0) is 10.8. The van der Waals surface area contributed by atoms with Gasteiger partial charge in [-0.15, -0.1) is 0 Å². The second-order valence-electron chi connectivity index (χ2n) is 3.03. The number of hydrogen-bond donors (Lipinski definition) is 0. The molecule has 4 heteroatoms. The number of hydrogen-bond acceptors (Lipinski definition) is 4. The van der Waals surface area contributed by atoms with E-state index in [0.29, 0.717) is 13.2 Å². The summed E-state index contributed by atoms with van der Waals surface area (Å²) in [5, 5.41) is 0. The van der Waals surface area contributed by atoms with Crippen LogP contribution in [-0.2, 0) is 19.1 Å². The summed E-state index contributed by atoms with van der Waals surface area (Å²) in [6.45, 7) is 2.78. The first-order chi connectivity index (χ1) is 6.70. The van der Waals surface area contributed by atoms with Crippen molar-refractivity contribution in [1.82, 2.24) is 0 Å². The van der Waals surface area contributed by atoms with E-state index in [4.69, 9.17) is 9.47 Å². The summed E-state index contributed by atoms with van der Waals surface area (Å²) < 4.78 is 9.55. The van der Waals surface area contributed by atoms with Crippen molar-refractivity contribution >= 4 is 11.8 Å². The van der Waals surface area contributed by atoms with Crippen LogP contribution in [0.2, 0.25) is 0 Å². The number of rotatable bonds is 8. The number of ketones is 1. The topological polar surface area (TPSA) is 52.6 Å². The third-order valence-corrected chi connectivity index (χ3v) is 1.69. The van der Waals surface area contributed by atoms with Crippen molar-refractivity contribution in [2.24, 2.45) is 0 Å². The molecule has 0 aromatic heterocycles. The number of methoxy groups -OCH3 is 1. The summed E-state index contributed by atoms with van der Waals surface area (Å²) >= 11 is 0. The van der Waals surface area contributed by atoms with Crippen LogP contribution in [-0.4, -0.2) is 32.1 Å². The van der Waals surface area contributed by atoms with Crippen LogP contribution in [0.1, 0.15) is 32.6 Å². The van der Waals surface area contributed by atoms with E-state index in [2.05, 4.69) is 0 Å². The van der Waals surface area contributed by atoms with E-state index in [1.807, 2.05) is 6.92 Å². The summed E-state index contributed by atoms with van der Waals surface area (Å²) in [5.74, 6) is -0.562. The summed E-state index contributed by atoms with van der Waals surface area (Å²) in [4.78, 5) is 22.1. The average Bonchev–Trinajstić information content (AvgIpc) is 2.15. The SMILES string of the molecule is CCCCOC(=O)CC(=O)CCOC. The lowest BCUT2D eigenvalue weighted by Crippen LogP contribution is -2.13. The molecule has 0 spiro atoms. The lowest BCUT2D eigenvalue weighted by molar-refractivity contribution is -0.146. The van der Waals surface area contributed by atoms with Gasteiger partial charge < -0.3 is 9.47 Å². The van der Waals surface area contributed by atoms with E-state index in [-0.39, 0.29) is 18.6 Å². The number of carbonyl (C=O) groups is 2.